The summed E-state index contributed by atoms with van der Waals surface area (Å²) < 4.78 is 0. The number of hydrogen-bond donors (Lipinski definition) is 24. The second kappa shape index (κ2) is 52.4. The molecule has 0 saturated carbocycles. The van der Waals surface area contributed by atoms with Crippen molar-refractivity contribution in [3.63, 3.8) is 0 Å². The van der Waals surface area contributed by atoms with Crippen molar-refractivity contribution in [3.05, 3.63) is 144 Å². The lowest BCUT2D eigenvalue weighted by Gasteiger charge is -2.10. The lowest BCUT2D eigenvalue weighted by molar-refractivity contribution is -0.0388. The Morgan fingerprint density at radius 1 is 0.224 bits per heavy atom. The molecule has 10 atom stereocenters. The summed E-state index contributed by atoms with van der Waals surface area (Å²) >= 11 is 0. The number of carboxylic acids is 4. The van der Waals surface area contributed by atoms with Crippen molar-refractivity contribution >= 4 is 23.9 Å². The first-order valence-electron chi connectivity index (χ1n) is 21.8. The van der Waals surface area contributed by atoms with E-state index in [2.05, 4.69) is 0 Å². The molecule has 0 spiro atoms. The van der Waals surface area contributed by atoms with Crippen LogP contribution in [0.5, 0.6) is 0 Å². The number of aliphatic hydroxyl groups is 20. The third-order valence-corrected chi connectivity index (χ3v) is 8.17. The number of carbonyl (C=O) groups is 4. The molecule has 24 N–H and O–H groups in total. The normalized spacial score (nSPS) is 13.7. The molecule has 0 aliphatic heterocycles. The summed E-state index contributed by atoms with van der Waals surface area (Å²) in [5, 5.41) is 199. The van der Waals surface area contributed by atoms with Gasteiger partial charge in [-0.25, -0.2) is 19.2 Å². The summed E-state index contributed by atoms with van der Waals surface area (Å²) in [6.07, 6.45) is -12.2. The molecule has 28 heteroatoms. The van der Waals surface area contributed by atoms with E-state index in [1.807, 2.05) is 0 Å². The van der Waals surface area contributed by atoms with Gasteiger partial charge in [0, 0.05) is 0 Å². The van der Waals surface area contributed by atoms with E-state index >= 15 is 0 Å². The van der Waals surface area contributed by atoms with Crippen LogP contribution in [0, 0.1) is 0 Å². The molecule has 0 bridgehead atoms. The summed E-state index contributed by atoms with van der Waals surface area (Å²) in [5.41, 5.74) is 1.32. The Kier molecular flexibility index (Phi) is 54.4. The molecular weight excluding hydrogens is 1020 g/mol. The van der Waals surface area contributed by atoms with Gasteiger partial charge in [0.25, 0.3) is 0 Å². The Balaban J connectivity index is -0.000000249. The maximum Gasteiger partial charge on any atom is 0.335 e. The van der Waals surface area contributed by atoms with Gasteiger partial charge in [0.2, 0.25) is 0 Å². The van der Waals surface area contributed by atoms with E-state index < -0.39 is 151 Å². The zero-order valence-corrected chi connectivity index (χ0v) is 40.8. The molecule has 0 aromatic heterocycles. The number of aromatic carboxylic acids is 4. The first-order chi connectivity index (χ1) is 35.8. The lowest BCUT2D eigenvalue weighted by atomic mass is 10.2. The minimum Gasteiger partial charge on any atom is -0.478 e. The van der Waals surface area contributed by atoms with Crippen molar-refractivity contribution in [2.45, 2.75) is 61.0 Å². The van der Waals surface area contributed by atoms with E-state index in [0.29, 0.717) is 22.3 Å². The molecule has 0 amide bonds. The Hall–Kier alpha value is -6.04. The van der Waals surface area contributed by atoms with Gasteiger partial charge in [-0.2, -0.15) is 0 Å². The van der Waals surface area contributed by atoms with Crippen molar-refractivity contribution in [1.29, 1.82) is 0 Å². The minimum absolute atomic E-state index is 0.331. The summed E-state index contributed by atoms with van der Waals surface area (Å²) in [6.45, 7) is -5.26. The highest BCUT2D eigenvalue weighted by Crippen LogP contribution is 1.99. The summed E-state index contributed by atoms with van der Waals surface area (Å²) in [6, 6.07) is 33.2. The van der Waals surface area contributed by atoms with Crippen LogP contribution < -0.4 is 0 Å². The molecule has 4 aromatic carbocycles. The van der Waals surface area contributed by atoms with Crippen LogP contribution in [0.15, 0.2) is 121 Å². The van der Waals surface area contributed by atoms with Gasteiger partial charge in [0.15, 0.2) is 0 Å². The topological polar surface area (TPSA) is 554 Å². The second-order valence-electron chi connectivity index (χ2n) is 14.2. The van der Waals surface area contributed by atoms with Gasteiger partial charge in [-0.1, -0.05) is 72.8 Å². The standard InChI is InChI=1S/4C7H6O2.5C4H10O4/c4*8-7(9)6-4-2-1-3-5-6;5*5-1-3(7)4(8)2-6/h4*1-5H,(H,8,9);5*3-8H,1-2H2/t;;;;5*3-,4+. The average molecular weight is 1100 g/mol. The van der Waals surface area contributed by atoms with Gasteiger partial charge in [-0.05, 0) is 48.5 Å². The molecule has 0 aliphatic carbocycles. The molecule has 28 nitrogen and oxygen atoms in total. The highest BCUT2D eigenvalue weighted by Gasteiger charge is 2.15. The largest absolute Gasteiger partial charge is 0.478 e. The first-order valence-corrected chi connectivity index (χ1v) is 21.8. The summed E-state index contributed by atoms with van der Waals surface area (Å²) in [5.74, 6) is -3.52. The van der Waals surface area contributed by atoms with Crippen LogP contribution in [-0.2, 0) is 0 Å². The molecule has 4 rings (SSSR count). The van der Waals surface area contributed by atoms with Gasteiger partial charge in [-0.3, -0.25) is 0 Å². The number of hydrogen-bond acceptors (Lipinski definition) is 24. The fourth-order valence-corrected chi connectivity index (χ4v) is 3.54. The molecule has 4 aromatic rings. The van der Waals surface area contributed by atoms with Gasteiger partial charge in [0.05, 0.1) is 88.3 Å². The van der Waals surface area contributed by atoms with Gasteiger partial charge < -0.3 is 123 Å². The predicted molar refractivity (Wildman–Crippen MR) is 265 cm³/mol. The summed E-state index contributed by atoms with van der Waals surface area (Å²) in [7, 11) is 0. The smallest absolute Gasteiger partial charge is 0.335 e. The highest BCUT2D eigenvalue weighted by atomic mass is 16.4. The Morgan fingerprint density at radius 3 is 0.368 bits per heavy atom. The molecule has 434 valence electrons. The molecular formula is C48H74O28. The van der Waals surface area contributed by atoms with Crippen molar-refractivity contribution in [2.24, 2.45) is 0 Å². The number of rotatable bonds is 19. The maximum absolute atomic E-state index is 10.2. The van der Waals surface area contributed by atoms with E-state index in [1.54, 1.807) is 121 Å². The van der Waals surface area contributed by atoms with Crippen LogP contribution in [0.3, 0.4) is 0 Å². The van der Waals surface area contributed by atoms with Crippen LogP contribution in [0.4, 0.5) is 0 Å². The lowest BCUT2D eigenvalue weighted by Crippen LogP contribution is -2.31. The van der Waals surface area contributed by atoms with Crippen LogP contribution in [-0.4, -0.2) is 274 Å². The zero-order chi connectivity index (χ0) is 59.6. The van der Waals surface area contributed by atoms with E-state index in [9.17, 15) is 19.2 Å². The van der Waals surface area contributed by atoms with Gasteiger partial charge in [-0.15, -0.1) is 0 Å². The Bertz CT molecular complexity index is 1590. The molecule has 0 unspecified atom stereocenters. The Morgan fingerprint density at radius 2 is 0.316 bits per heavy atom. The maximum atomic E-state index is 10.2. The van der Waals surface area contributed by atoms with E-state index in [0.717, 1.165) is 0 Å². The molecule has 0 heterocycles. The van der Waals surface area contributed by atoms with Crippen molar-refractivity contribution in [2.75, 3.05) is 66.1 Å². The summed E-state index contributed by atoms with van der Waals surface area (Å²) in [4.78, 5) is 40.8. The van der Waals surface area contributed by atoms with E-state index in [4.69, 9.17) is 123 Å². The van der Waals surface area contributed by atoms with Crippen LogP contribution in [0.25, 0.3) is 0 Å². The van der Waals surface area contributed by atoms with Crippen molar-refractivity contribution in [1.82, 2.24) is 0 Å². The third kappa shape index (κ3) is 45.4. The van der Waals surface area contributed by atoms with Crippen LogP contribution >= 0.6 is 0 Å². The first kappa shape index (κ1) is 78.8. The fraction of sp³-hybridized carbons (Fsp3) is 0.417. The molecule has 0 aliphatic rings. The molecule has 76 heavy (non-hydrogen) atoms. The zero-order valence-electron chi connectivity index (χ0n) is 40.8. The molecule has 0 fully saturated rings. The number of carboxylic acid groups (broad SMARTS) is 4. The average Bonchev–Trinajstić information content (AvgIpc) is 3.46. The molecule has 0 radical (unpaired) electrons. The van der Waals surface area contributed by atoms with E-state index in [-0.39, 0.29) is 0 Å². The monoisotopic (exact) mass is 1100 g/mol. The SMILES string of the molecule is O=C(O)c1ccccc1.O=C(O)c1ccccc1.O=C(O)c1ccccc1.O=C(O)c1ccccc1.OC[C@@H](O)[C@@H](O)CO.OC[C@@H](O)[C@@H](O)CO.OC[C@@H](O)[C@@H](O)CO.OC[C@@H](O)[C@@H](O)CO.OC[C@@H](O)[C@@H](O)CO. The van der Waals surface area contributed by atoms with Crippen molar-refractivity contribution < 1.29 is 142 Å². The highest BCUT2D eigenvalue weighted by molar-refractivity contribution is 5.88. The van der Waals surface area contributed by atoms with Crippen LogP contribution in [0.1, 0.15) is 41.4 Å². The minimum atomic E-state index is -1.22. The quantitative estimate of drug-likeness (QED) is 0.0416. The molecule has 0 saturated heterocycles. The van der Waals surface area contributed by atoms with Gasteiger partial charge >= 0.3 is 23.9 Å². The Labute approximate surface area is 435 Å². The van der Waals surface area contributed by atoms with Gasteiger partial charge in [0.1, 0.15) is 61.0 Å². The third-order valence-electron chi connectivity index (χ3n) is 8.17. The number of benzene rings is 4. The second-order valence-corrected chi connectivity index (χ2v) is 14.2. The predicted octanol–water partition coefficient (Wildman–Crippen LogP) is -6.00. The van der Waals surface area contributed by atoms with Crippen molar-refractivity contribution in [3.8, 4) is 0 Å². The van der Waals surface area contributed by atoms with E-state index in [1.165, 1.54) is 0 Å². The van der Waals surface area contributed by atoms with Crippen LogP contribution in [0.2, 0.25) is 0 Å². The number of aliphatic hydroxyl groups excluding tert-OH is 20. The fourth-order valence-electron chi connectivity index (χ4n) is 3.54.